The number of benzene rings is 1. The Labute approximate surface area is 81.9 Å². The summed E-state index contributed by atoms with van der Waals surface area (Å²) in [4.78, 5) is 13.4. The molecule has 0 atom stereocenters. The fourth-order valence-electron chi connectivity index (χ4n) is 1.27. The molecule has 0 aliphatic rings. The summed E-state index contributed by atoms with van der Waals surface area (Å²) in [7, 11) is 0. The van der Waals surface area contributed by atoms with Crippen LogP contribution in [-0.4, -0.2) is 11.3 Å². The van der Waals surface area contributed by atoms with Gasteiger partial charge in [0.15, 0.2) is 6.29 Å². The van der Waals surface area contributed by atoms with Crippen molar-refractivity contribution >= 4 is 33.1 Å². The molecule has 0 fully saturated rings. The van der Waals surface area contributed by atoms with Crippen LogP contribution in [-0.2, 0) is 0 Å². The number of carbonyl (C=O) groups excluding carboxylic acids is 1. The van der Waals surface area contributed by atoms with E-state index in [0.717, 1.165) is 5.52 Å². The maximum Gasteiger partial charge on any atom is 0.152 e. The van der Waals surface area contributed by atoms with Crippen molar-refractivity contribution in [3.8, 4) is 0 Å². The van der Waals surface area contributed by atoms with E-state index in [1.54, 1.807) is 6.20 Å². The number of fused-ring (bicyclic) bond motifs is 1. The van der Waals surface area contributed by atoms with Crippen LogP contribution in [0.4, 0.5) is 4.39 Å². The van der Waals surface area contributed by atoms with Crippen LogP contribution in [0.3, 0.4) is 0 Å². The molecule has 2 nitrogen and oxygen atoms in total. The van der Waals surface area contributed by atoms with Crippen LogP contribution in [0.2, 0.25) is 0 Å². The highest BCUT2D eigenvalue weighted by Crippen LogP contribution is 2.26. The normalized spacial score (nSPS) is 10.6. The molecule has 2 rings (SSSR count). The van der Waals surface area contributed by atoms with Gasteiger partial charge >= 0.3 is 0 Å². The van der Waals surface area contributed by atoms with Gasteiger partial charge in [0.25, 0.3) is 0 Å². The van der Waals surface area contributed by atoms with E-state index in [9.17, 15) is 9.18 Å². The van der Waals surface area contributed by atoms with Crippen LogP contribution < -0.4 is 0 Å². The topological polar surface area (TPSA) is 32.9 Å². The van der Waals surface area contributed by atoms with Gasteiger partial charge in [0, 0.05) is 21.6 Å². The second-order valence-electron chi connectivity index (χ2n) is 2.67. The highest BCUT2D eigenvalue weighted by atomic mass is 79.9. The average molecular weight is 242 g/mol. The minimum atomic E-state index is -0.359. The number of nitrogens with one attached hydrogen (secondary N) is 1. The van der Waals surface area contributed by atoms with Gasteiger partial charge in [-0.25, -0.2) is 4.39 Å². The molecule has 0 saturated carbocycles. The van der Waals surface area contributed by atoms with E-state index in [2.05, 4.69) is 20.9 Å². The Morgan fingerprint density at radius 3 is 2.92 bits per heavy atom. The molecule has 4 heteroatoms. The Morgan fingerprint density at radius 1 is 1.46 bits per heavy atom. The van der Waals surface area contributed by atoms with Crippen LogP contribution >= 0.6 is 15.9 Å². The van der Waals surface area contributed by atoms with E-state index in [-0.39, 0.29) is 5.82 Å². The summed E-state index contributed by atoms with van der Waals surface area (Å²) in [5.41, 5.74) is 1.21. The molecular formula is C9H5BrFNO. The lowest BCUT2D eigenvalue weighted by molar-refractivity contribution is 0.112. The van der Waals surface area contributed by atoms with E-state index < -0.39 is 0 Å². The van der Waals surface area contributed by atoms with E-state index in [0.29, 0.717) is 21.7 Å². The van der Waals surface area contributed by atoms with Gasteiger partial charge in [0.1, 0.15) is 5.82 Å². The van der Waals surface area contributed by atoms with Crippen molar-refractivity contribution < 1.29 is 9.18 Å². The van der Waals surface area contributed by atoms with Crippen molar-refractivity contribution in [2.45, 2.75) is 0 Å². The SMILES string of the molecule is O=Cc1c[nH]c2c(Br)cc(F)cc12. The summed E-state index contributed by atoms with van der Waals surface area (Å²) in [6, 6.07) is 2.69. The number of hydrogen-bond acceptors (Lipinski definition) is 1. The Bertz CT molecular complexity index is 478. The van der Waals surface area contributed by atoms with Crippen molar-refractivity contribution in [3.05, 3.63) is 34.2 Å². The Balaban J connectivity index is 2.89. The molecule has 0 unspecified atom stereocenters. The minimum Gasteiger partial charge on any atom is -0.360 e. The van der Waals surface area contributed by atoms with E-state index in [4.69, 9.17) is 0 Å². The summed E-state index contributed by atoms with van der Waals surface area (Å²) in [5, 5.41) is 0.599. The number of aromatic nitrogens is 1. The zero-order valence-corrected chi connectivity index (χ0v) is 8.06. The van der Waals surface area contributed by atoms with Gasteiger partial charge in [-0.1, -0.05) is 0 Å². The lowest BCUT2D eigenvalue weighted by Crippen LogP contribution is -1.79. The number of hydrogen-bond donors (Lipinski definition) is 1. The quantitative estimate of drug-likeness (QED) is 0.766. The van der Waals surface area contributed by atoms with Gasteiger partial charge in [0.2, 0.25) is 0 Å². The largest absolute Gasteiger partial charge is 0.360 e. The molecule has 66 valence electrons. The van der Waals surface area contributed by atoms with Crippen LogP contribution in [0.25, 0.3) is 10.9 Å². The zero-order chi connectivity index (χ0) is 9.42. The predicted octanol–water partition coefficient (Wildman–Crippen LogP) is 2.88. The summed E-state index contributed by atoms with van der Waals surface area (Å²) in [6.45, 7) is 0. The van der Waals surface area contributed by atoms with Crippen molar-refractivity contribution in [3.63, 3.8) is 0 Å². The number of H-pyrrole nitrogens is 1. The van der Waals surface area contributed by atoms with Crippen molar-refractivity contribution in [1.29, 1.82) is 0 Å². The summed E-state index contributed by atoms with van der Waals surface area (Å²) < 4.78 is 13.6. The fourth-order valence-corrected chi connectivity index (χ4v) is 1.82. The van der Waals surface area contributed by atoms with E-state index in [1.165, 1.54) is 12.1 Å². The van der Waals surface area contributed by atoms with Crippen molar-refractivity contribution in [2.24, 2.45) is 0 Å². The summed E-state index contributed by atoms with van der Waals surface area (Å²) in [6.07, 6.45) is 2.26. The molecular weight excluding hydrogens is 237 g/mol. The van der Waals surface area contributed by atoms with Gasteiger partial charge in [-0.3, -0.25) is 4.79 Å². The zero-order valence-electron chi connectivity index (χ0n) is 6.47. The third-order valence-corrected chi connectivity index (χ3v) is 2.49. The van der Waals surface area contributed by atoms with Crippen molar-refractivity contribution in [1.82, 2.24) is 4.98 Å². The first-order chi connectivity index (χ1) is 6.22. The van der Waals surface area contributed by atoms with Crippen LogP contribution in [0.15, 0.2) is 22.8 Å². The second-order valence-corrected chi connectivity index (χ2v) is 3.53. The number of aromatic amines is 1. The van der Waals surface area contributed by atoms with Gasteiger partial charge in [0.05, 0.1) is 5.52 Å². The molecule has 1 aromatic carbocycles. The maximum absolute atomic E-state index is 12.9. The van der Waals surface area contributed by atoms with Gasteiger partial charge in [-0.2, -0.15) is 0 Å². The first-order valence-electron chi connectivity index (χ1n) is 3.63. The first-order valence-corrected chi connectivity index (χ1v) is 4.43. The fraction of sp³-hybridized carbons (Fsp3) is 0. The molecule has 0 radical (unpaired) electrons. The predicted molar refractivity (Wildman–Crippen MR) is 51.3 cm³/mol. The lowest BCUT2D eigenvalue weighted by atomic mass is 10.2. The third-order valence-electron chi connectivity index (χ3n) is 1.86. The highest BCUT2D eigenvalue weighted by molar-refractivity contribution is 9.10. The molecule has 13 heavy (non-hydrogen) atoms. The monoisotopic (exact) mass is 241 g/mol. The standard InChI is InChI=1S/C9H5BrFNO/c10-8-2-6(11)1-7-5(4-13)3-12-9(7)8/h1-4,12H. The van der Waals surface area contributed by atoms with Crippen LogP contribution in [0, 0.1) is 5.82 Å². The molecule has 0 aliphatic heterocycles. The van der Waals surface area contributed by atoms with E-state index in [1.807, 2.05) is 0 Å². The average Bonchev–Trinajstić information content (AvgIpc) is 2.47. The van der Waals surface area contributed by atoms with E-state index >= 15 is 0 Å². The molecule has 0 amide bonds. The molecule has 0 aliphatic carbocycles. The summed E-state index contributed by atoms with van der Waals surface area (Å²) in [5.74, 6) is -0.359. The van der Waals surface area contributed by atoms with Crippen LogP contribution in [0.5, 0.6) is 0 Å². The Morgan fingerprint density at radius 2 is 2.23 bits per heavy atom. The number of aldehydes is 1. The van der Waals surface area contributed by atoms with Crippen LogP contribution in [0.1, 0.15) is 10.4 Å². The molecule has 0 saturated heterocycles. The van der Waals surface area contributed by atoms with Crippen molar-refractivity contribution in [2.75, 3.05) is 0 Å². The molecule has 1 heterocycles. The van der Waals surface area contributed by atoms with Gasteiger partial charge < -0.3 is 4.98 Å². The molecule has 0 spiro atoms. The molecule has 1 aromatic heterocycles. The molecule has 0 bridgehead atoms. The Kier molecular flexibility index (Phi) is 1.92. The lowest BCUT2D eigenvalue weighted by Gasteiger charge is -1.95. The minimum absolute atomic E-state index is 0.359. The molecule has 2 aromatic rings. The Hall–Kier alpha value is -1.16. The third kappa shape index (κ3) is 1.27. The second kappa shape index (κ2) is 2.96. The highest BCUT2D eigenvalue weighted by Gasteiger charge is 2.07. The first kappa shape index (κ1) is 8.44. The summed E-state index contributed by atoms with van der Waals surface area (Å²) >= 11 is 3.20. The van der Waals surface area contributed by atoms with Gasteiger partial charge in [-0.15, -0.1) is 0 Å². The van der Waals surface area contributed by atoms with Gasteiger partial charge in [-0.05, 0) is 28.1 Å². The number of rotatable bonds is 1. The maximum atomic E-state index is 12.9. The number of halogens is 2. The smallest absolute Gasteiger partial charge is 0.152 e. The number of carbonyl (C=O) groups is 1. The molecule has 1 N–H and O–H groups in total.